The maximum atomic E-state index is 12.2. The molecule has 3 atom stereocenters. The quantitative estimate of drug-likeness (QED) is 0.702. The fraction of sp³-hybridized carbons (Fsp3) is 0.750. The Morgan fingerprint density at radius 3 is 2.10 bits per heavy atom. The molecule has 0 aromatic heterocycles. The van der Waals surface area contributed by atoms with E-state index >= 15 is 0 Å². The minimum atomic E-state index is -0.311. The van der Waals surface area contributed by atoms with E-state index in [0.29, 0.717) is 30.3 Å². The first-order chi connectivity index (χ1) is 9.60. The molecule has 0 aromatic carbocycles. The van der Waals surface area contributed by atoms with Gasteiger partial charge in [0.2, 0.25) is 0 Å². The van der Waals surface area contributed by atoms with Gasteiger partial charge in [0, 0.05) is 0 Å². The lowest BCUT2D eigenvalue weighted by molar-refractivity contribution is -0.143. The number of hydrogen-bond donors (Lipinski definition) is 0. The first kappa shape index (κ1) is 15.1. The van der Waals surface area contributed by atoms with E-state index in [0.717, 1.165) is 25.7 Å². The summed E-state index contributed by atoms with van der Waals surface area (Å²) < 4.78 is 10.5. The molecule has 0 aromatic rings. The Morgan fingerprint density at radius 1 is 1.00 bits per heavy atom. The molecular formula is C16H24O4. The van der Waals surface area contributed by atoms with Crippen molar-refractivity contribution in [2.75, 3.05) is 13.2 Å². The molecule has 1 saturated carbocycles. The van der Waals surface area contributed by atoms with Crippen LogP contribution >= 0.6 is 0 Å². The van der Waals surface area contributed by atoms with Crippen molar-refractivity contribution in [2.45, 2.75) is 46.5 Å². The SMILES string of the molecule is CCCOC(=O)C1=C(C(=O)OCCC)C2CC1CC2C. The van der Waals surface area contributed by atoms with Crippen molar-refractivity contribution in [3.05, 3.63) is 11.1 Å². The van der Waals surface area contributed by atoms with Crippen molar-refractivity contribution in [1.29, 1.82) is 0 Å². The average Bonchev–Trinajstić information content (AvgIpc) is 2.98. The van der Waals surface area contributed by atoms with Gasteiger partial charge in [-0.25, -0.2) is 9.59 Å². The standard InChI is InChI=1S/C16H24O4/c1-4-6-19-15(17)13-11-8-10(3)12(9-11)14(13)16(18)20-7-5-2/h10-12H,4-9H2,1-3H3. The number of ether oxygens (including phenoxy) is 2. The summed E-state index contributed by atoms with van der Waals surface area (Å²) in [5.41, 5.74) is 1.20. The molecule has 2 aliphatic carbocycles. The summed E-state index contributed by atoms with van der Waals surface area (Å²) in [5.74, 6) is 0.188. The highest BCUT2D eigenvalue weighted by molar-refractivity contribution is 6.02. The maximum Gasteiger partial charge on any atom is 0.334 e. The van der Waals surface area contributed by atoms with Gasteiger partial charge in [0.25, 0.3) is 0 Å². The van der Waals surface area contributed by atoms with Crippen molar-refractivity contribution >= 4 is 11.9 Å². The maximum absolute atomic E-state index is 12.2. The number of hydrogen-bond acceptors (Lipinski definition) is 4. The molecule has 20 heavy (non-hydrogen) atoms. The summed E-state index contributed by atoms with van der Waals surface area (Å²) in [5, 5.41) is 0. The molecule has 0 heterocycles. The van der Waals surface area contributed by atoms with E-state index in [1.54, 1.807) is 0 Å². The van der Waals surface area contributed by atoms with E-state index in [4.69, 9.17) is 9.47 Å². The molecule has 2 aliphatic rings. The van der Waals surface area contributed by atoms with Crippen molar-refractivity contribution in [2.24, 2.45) is 17.8 Å². The van der Waals surface area contributed by atoms with E-state index in [1.807, 2.05) is 13.8 Å². The third-order valence-corrected chi connectivity index (χ3v) is 4.27. The molecule has 0 N–H and O–H groups in total. The smallest absolute Gasteiger partial charge is 0.334 e. The Labute approximate surface area is 120 Å². The number of carbonyl (C=O) groups excluding carboxylic acids is 2. The van der Waals surface area contributed by atoms with Crippen molar-refractivity contribution in [3.63, 3.8) is 0 Å². The van der Waals surface area contributed by atoms with E-state index in [-0.39, 0.29) is 23.8 Å². The zero-order chi connectivity index (χ0) is 14.7. The molecule has 0 radical (unpaired) electrons. The largest absolute Gasteiger partial charge is 0.462 e. The second-order valence-electron chi connectivity index (χ2n) is 5.85. The van der Waals surface area contributed by atoms with Crippen molar-refractivity contribution < 1.29 is 19.1 Å². The second kappa shape index (κ2) is 6.42. The monoisotopic (exact) mass is 280 g/mol. The van der Waals surface area contributed by atoms with Crippen molar-refractivity contribution in [3.8, 4) is 0 Å². The van der Waals surface area contributed by atoms with Crippen LogP contribution in [0.2, 0.25) is 0 Å². The van der Waals surface area contributed by atoms with Gasteiger partial charge in [0.05, 0.1) is 24.4 Å². The van der Waals surface area contributed by atoms with Gasteiger partial charge in [-0.05, 0) is 43.4 Å². The number of rotatable bonds is 6. The minimum absolute atomic E-state index is 0.175. The van der Waals surface area contributed by atoms with Gasteiger partial charge in [0.1, 0.15) is 0 Å². The molecule has 4 heteroatoms. The molecule has 4 nitrogen and oxygen atoms in total. The van der Waals surface area contributed by atoms with Gasteiger partial charge in [-0.1, -0.05) is 20.8 Å². The fourth-order valence-corrected chi connectivity index (χ4v) is 3.39. The molecule has 0 spiro atoms. The van der Waals surface area contributed by atoms with Crippen LogP contribution in [0.15, 0.2) is 11.1 Å². The lowest BCUT2D eigenvalue weighted by Gasteiger charge is -2.22. The summed E-state index contributed by atoms with van der Waals surface area (Å²) in [4.78, 5) is 24.4. The third kappa shape index (κ3) is 2.74. The molecule has 3 unspecified atom stereocenters. The lowest BCUT2D eigenvalue weighted by atomic mass is 9.84. The fourth-order valence-electron chi connectivity index (χ4n) is 3.39. The van der Waals surface area contributed by atoms with E-state index < -0.39 is 0 Å². The summed E-state index contributed by atoms with van der Waals surface area (Å²) >= 11 is 0. The Bertz CT molecular complexity index is 424. The van der Waals surface area contributed by atoms with Gasteiger partial charge < -0.3 is 9.47 Å². The zero-order valence-corrected chi connectivity index (χ0v) is 12.6. The van der Waals surface area contributed by atoms with Crippen LogP contribution in [0.25, 0.3) is 0 Å². The Hall–Kier alpha value is -1.32. The number of fused-ring (bicyclic) bond motifs is 2. The summed E-state index contributed by atoms with van der Waals surface area (Å²) in [6.45, 7) is 6.88. The van der Waals surface area contributed by atoms with Gasteiger partial charge in [-0.2, -0.15) is 0 Å². The molecule has 112 valence electrons. The minimum Gasteiger partial charge on any atom is -0.462 e. The van der Waals surface area contributed by atoms with Crippen LogP contribution in [0.4, 0.5) is 0 Å². The van der Waals surface area contributed by atoms with Gasteiger partial charge >= 0.3 is 11.9 Å². The molecule has 0 saturated heterocycles. The first-order valence-corrected chi connectivity index (χ1v) is 7.68. The van der Waals surface area contributed by atoms with Crippen LogP contribution in [0.3, 0.4) is 0 Å². The average molecular weight is 280 g/mol. The molecule has 0 aliphatic heterocycles. The summed E-state index contributed by atoms with van der Waals surface area (Å²) in [7, 11) is 0. The van der Waals surface area contributed by atoms with Crippen LogP contribution in [-0.4, -0.2) is 25.2 Å². The van der Waals surface area contributed by atoms with Crippen LogP contribution < -0.4 is 0 Å². The molecule has 0 amide bonds. The molecule has 2 bridgehead atoms. The molecule has 1 fully saturated rings. The number of esters is 2. The van der Waals surface area contributed by atoms with E-state index in [9.17, 15) is 9.59 Å². The highest BCUT2D eigenvalue weighted by Crippen LogP contribution is 2.52. The molecule has 2 rings (SSSR count). The summed E-state index contributed by atoms with van der Waals surface area (Å²) in [6, 6.07) is 0. The Morgan fingerprint density at radius 2 is 1.55 bits per heavy atom. The van der Waals surface area contributed by atoms with E-state index in [1.165, 1.54) is 0 Å². The summed E-state index contributed by atoms with van der Waals surface area (Å²) in [6.07, 6.45) is 3.46. The number of carbonyl (C=O) groups is 2. The first-order valence-electron chi connectivity index (χ1n) is 7.68. The van der Waals surface area contributed by atoms with Crippen LogP contribution in [-0.2, 0) is 19.1 Å². The van der Waals surface area contributed by atoms with Crippen molar-refractivity contribution in [1.82, 2.24) is 0 Å². The predicted molar refractivity (Wildman–Crippen MR) is 74.9 cm³/mol. The normalized spacial score (nSPS) is 27.9. The molecular weight excluding hydrogens is 256 g/mol. The topological polar surface area (TPSA) is 52.6 Å². The van der Waals surface area contributed by atoms with Gasteiger partial charge in [0.15, 0.2) is 0 Å². The van der Waals surface area contributed by atoms with Gasteiger partial charge in [-0.15, -0.1) is 0 Å². The predicted octanol–water partition coefficient (Wildman–Crippen LogP) is 2.87. The zero-order valence-electron chi connectivity index (χ0n) is 12.6. The van der Waals surface area contributed by atoms with Gasteiger partial charge in [-0.3, -0.25) is 0 Å². The lowest BCUT2D eigenvalue weighted by Crippen LogP contribution is -2.24. The highest BCUT2D eigenvalue weighted by Gasteiger charge is 2.49. The van der Waals surface area contributed by atoms with Crippen LogP contribution in [0.1, 0.15) is 46.5 Å². The van der Waals surface area contributed by atoms with E-state index in [2.05, 4.69) is 6.92 Å². The van der Waals surface area contributed by atoms with Crippen LogP contribution in [0.5, 0.6) is 0 Å². The van der Waals surface area contributed by atoms with Crippen LogP contribution in [0, 0.1) is 17.8 Å². The third-order valence-electron chi connectivity index (χ3n) is 4.27. The Kier molecular flexibility index (Phi) is 4.84. The highest BCUT2D eigenvalue weighted by atomic mass is 16.5. The Balaban J connectivity index is 2.21. The second-order valence-corrected chi connectivity index (χ2v) is 5.85.